The zero-order valence-corrected chi connectivity index (χ0v) is 23.2. The number of anilines is 2. The van der Waals surface area contributed by atoms with Crippen LogP contribution >= 0.6 is 11.6 Å². The van der Waals surface area contributed by atoms with Gasteiger partial charge in [-0.1, -0.05) is 48.0 Å². The maximum atomic E-state index is 13.7. The van der Waals surface area contributed by atoms with Gasteiger partial charge in [-0.05, 0) is 47.5 Å². The van der Waals surface area contributed by atoms with Crippen molar-refractivity contribution in [3.63, 3.8) is 0 Å². The number of halogens is 1. The standard InChI is InChI=1S/C28H32ClN5O4S/c1-39(37,38)32-24-7-2-3-8-26(24)33-13-15-34(16-14-33)28(36)25(18-20-9-11-23(29)12-10-20)31-27(35)22-6-4-5-21(17-22)19-30/h2-12,17,25,32H,13-16,18-19,30H2,1H3,(H,31,35)/t25-/m1/s1. The van der Waals surface area contributed by atoms with Gasteiger partial charge in [-0.2, -0.15) is 0 Å². The molecule has 206 valence electrons. The van der Waals surface area contributed by atoms with Crippen molar-refractivity contribution in [2.75, 3.05) is 42.1 Å². The van der Waals surface area contributed by atoms with Crippen molar-refractivity contribution in [2.45, 2.75) is 19.0 Å². The van der Waals surface area contributed by atoms with E-state index in [1.807, 2.05) is 35.2 Å². The summed E-state index contributed by atoms with van der Waals surface area (Å²) in [6.45, 7) is 2.16. The number of hydrogen-bond donors (Lipinski definition) is 3. The quantitative estimate of drug-likeness (QED) is 0.364. The monoisotopic (exact) mass is 569 g/mol. The van der Waals surface area contributed by atoms with Crippen LogP contribution in [0.5, 0.6) is 0 Å². The average Bonchev–Trinajstić information content (AvgIpc) is 2.93. The van der Waals surface area contributed by atoms with Gasteiger partial charge >= 0.3 is 0 Å². The molecule has 1 aliphatic rings. The van der Waals surface area contributed by atoms with Crippen LogP contribution in [-0.4, -0.2) is 63.6 Å². The third-order valence-electron chi connectivity index (χ3n) is 6.51. The van der Waals surface area contributed by atoms with E-state index in [1.165, 1.54) is 0 Å². The number of piperazine rings is 1. The third kappa shape index (κ3) is 7.72. The van der Waals surface area contributed by atoms with E-state index in [0.29, 0.717) is 55.4 Å². The molecule has 4 N–H and O–H groups in total. The maximum Gasteiger partial charge on any atom is 0.251 e. The van der Waals surface area contributed by atoms with Crippen molar-refractivity contribution >= 4 is 44.8 Å². The molecule has 4 rings (SSSR count). The fourth-order valence-corrected chi connectivity index (χ4v) is 5.26. The summed E-state index contributed by atoms with van der Waals surface area (Å²) in [7, 11) is -3.44. The molecule has 1 atom stereocenters. The summed E-state index contributed by atoms with van der Waals surface area (Å²) in [4.78, 5) is 30.6. The van der Waals surface area contributed by atoms with Crippen molar-refractivity contribution in [3.05, 3.63) is 94.5 Å². The number of carbonyl (C=O) groups excluding carboxylic acids is 2. The zero-order valence-electron chi connectivity index (χ0n) is 21.6. The lowest BCUT2D eigenvalue weighted by atomic mass is 10.0. The highest BCUT2D eigenvalue weighted by atomic mass is 35.5. The maximum absolute atomic E-state index is 13.7. The van der Waals surface area contributed by atoms with Crippen LogP contribution < -0.4 is 20.7 Å². The zero-order chi connectivity index (χ0) is 28.0. The number of benzene rings is 3. The molecule has 2 amide bonds. The summed E-state index contributed by atoms with van der Waals surface area (Å²) in [5.74, 6) is -0.535. The van der Waals surface area contributed by atoms with E-state index in [0.717, 1.165) is 23.1 Å². The summed E-state index contributed by atoms with van der Waals surface area (Å²) < 4.78 is 26.2. The number of sulfonamides is 1. The summed E-state index contributed by atoms with van der Waals surface area (Å²) in [6, 6.07) is 20.6. The molecule has 1 aliphatic heterocycles. The Labute approximate surface area is 234 Å². The van der Waals surface area contributed by atoms with Gasteiger partial charge in [-0.3, -0.25) is 14.3 Å². The van der Waals surface area contributed by atoms with Crippen LogP contribution in [0.15, 0.2) is 72.8 Å². The Morgan fingerprint density at radius 3 is 2.31 bits per heavy atom. The van der Waals surface area contributed by atoms with Gasteiger partial charge in [-0.15, -0.1) is 0 Å². The van der Waals surface area contributed by atoms with Crippen LogP contribution in [0.4, 0.5) is 11.4 Å². The van der Waals surface area contributed by atoms with Gasteiger partial charge in [0.2, 0.25) is 15.9 Å². The number of nitrogens with zero attached hydrogens (tertiary/aromatic N) is 2. The number of carbonyl (C=O) groups is 2. The summed E-state index contributed by atoms with van der Waals surface area (Å²) in [5, 5.41) is 3.52. The van der Waals surface area contributed by atoms with Gasteiger partial charge in [-0.25, -0.2) is 8.42 Å². The average molecular weight is 570 g/mol. The molecule has 0 aliphatic carbocycles. The predicted octanol–water partition coefficient (Wildman–Crippen LogP) is 2.86. The van der Waals surface area contributed by atoms with E-state index in [-0.39, 0.29) is 11.8 Å². The molecule has 1 heterocycles. The molecule has 3 aromatic carbocycles. The molecule has 0 bridgehead atoms. The van der Waals surface area contributed by atoms with E-state index in [1.54, 1.807) is 47.4 Å². The van der Waals surface area contributed by atoms with Gasteiger partial charge in [0.05, 0.1) is 17.6 Å². The number of nitrogens with one attached hydrogen (secondary N) is 2. The van der Waals surface area contributed by atoms with Crippen LogP contribution in [-0.2, 0) is 27.8 Å². The first kappa shape index (κ1) is 28.4. The highest BCUT2D eigenvalue weighted by Gasteiger charge is 2.30. The molecule has 3 aromatic rings. The van der Waals surface area contributed by atoms with Gasteiger partial charge < -0.3 is 20.9 Å². The second kappa shape index (κ2) is 12.5. The Hall–Kier alpha value is -3.60. The normalized spacial score (nSPS) is 14.5. The second-order valence-corrected chi connectivity index (χ2v) is 11.6. The molecule has 1 fully saturated rings. The topological polar surface area (TPSA) is 125 Å². The predicted molar refractivity (Wildman–Crippen MR) is 154 cm³/mol. The molecule has 39 heavy (non-hydrogen) atoms. The van der Waals surface area contributed by atoms with Crippen molar-refractivity contribution < 1.29 is 18.0 Å². The summed E-state index contributed by atoms with van der Waals surface area (Å²) >= 11 is 6.04. The smallest absolute Gasteiger partial charge is 0.251 e. The molecule has 11 heteroatoms. The van der Waals surface area contributed by atoms with E-state index >= 15 is 0 Å². The van der Waals surface area contributed by atoms with Crippen LogP contribution in [0.25, 0.3) is 0 Å². The second-order valence-electron chi connectivity index (χ2n) is 9.46. The van der Waals surface area contributed by atoms with Crippen molar-refractivity contribution in [1.82, 2.24) is 10.2 Å². The lowest BCUT2D eigenvalue weighted by molar-refractivity contribution is -0.133. The Morgan fingerprint density at radius 1 is 0.949 bits per heavy atom. The largest absolute Gasteiger partial charge is 0.366 e. The first-order valence-corrected chi connectivity index (χ1v) is 14.8. The Bertz CT molecular complexity index is 1420. The molecular weight excluding hydrogens is 538 g/mol. The SMILES string of the molecule is CS(=O)(=O)Nc1ccccc1N1CCN(C(=O)[C@@H](Cc2ccc(Cl)cc2)NC(=O)c2cccc(CN)c2)CC1. The molecule has 0 saturated carbocycles. The first-order chi connectivity index (χ1) is 18.6. The van der Waals surface area contributed by atoms with Gasteiger partial charge in [0.1, 0.15) is 6.04 Å². The molecule has 9 nitrogen and oxygen atoms in total. The number of nitrogens with two attached hydrogens (primary N) is 1. The van der Waals surface area contributed by atoms with E-state index in [9.17, 15) is 18.0 Å². The Morgan fingerprint density at radius 2 is 1.64 bits per heavy atom. The number of amides is 2. The van der Waals surface area contributed by atoms with Gasteiger partial charge in [0.25, 0.3) is 5.91 Å². The molecule has 0 unspecified atom stereocenters. The van der Waals surface area contributed by atoms with Gasteiger partial charge in [0.15, 0.2) is 0 Å². The molecule has 0 aromatic heterocycles. The first-order valence-electron chi connectivity index (χ1n) is 12.6. The highest BCUT2D eigenvalue weighted by molar-refractivity contribution is 7.92. The highest BCUT2D eigenvalue weighted by Crippen LogP contribution is 2.27. The molecular formula is C28H32ClN5O4S. The Balaban J connectivity index is 1.49. The third-order valence-corrected chi connectivity index (χ3v) is 7.36. The minimum atomic E-state index is -3.44. The van der Waals surface area contributed by atoms with Crippen LogP contribution in [0, 0.1) is 0 Å². The van der Waals surface area contributed by atoms with E-state index < -0.39 is 16.1 Å². The summed E-state index contributed by atoms with van der Waals surface area (Å²) in [5.41, 5.74) is 9.11. The molecule has 1 saturated heterocycles. The summed E-state index contributed by atoms with van der Waals surface area (Å²) in [6.07, 6.45) is 1.42. The lowest BCUT2D eigenvalue weighted by Gasteiger charge is -2.38. The molecule has 0 radical (unpaired) electrons. The van der Waals surface area contributed by atoms with Crippen LogP contribution in [0.2, 0.25) is 5.02 Å². The minimum absolute atomic E-state index is 0.185. The van der Waals surface area contributed by atoms with Gasteiger partial charge in [0, 0.05) is 49.7 Å². The fraction of sp³-hybridized carbons (Fsp3) is 0.286. The Kier molecular flexibility index (Phi) is 9.11. The molecule has 0 spiro atoms. The van der Waals surface area contributed by atoms with Crippen molar-refractivity contribution in [2.24, 2.45) is 5.73 Å². The van der Waals surface area contributed by atoms with E-state index in [2.05, 4.69) is 10.0 Å². The van der Waals surface area contributed by atoms with Crippen LogP contribution in [0.3, 0.4) is 0 Å². The number of hydrogen-bond acceptors (Lipinski definition) is 6. The minimum Gasteiger partial charge on any atom is -0.366 e. The van der Waals surface area contributed by atoms with Crippen molar-refractivity contribution in [1.29, 1.82) is 0 Å². The fourth-order valence-electron chi connectivity index (χ4n) is 4.56. The lowest BCUT2D eigenvalue weighted by Crippen LogP contribution is -2.55. The number of rotatable bonds is 9. The van der Waals surface area contributed by atoms with Crippen LogP contribution in [0.1, 0.15) is 21.5 Å². The van der Waals surface area contributed by atoms with Crippen molar-refractivity contribution in [3.8, 4) is 0 Å². The number of para-hydroxylation sites is 2. The van der Waals surface area contributed by atoms with E-state index in [4.69, 9.17) is 17.3 Å².